The number of hydrogen-bond donors (Lipinski definition) is 2. The molecule has 0 radical (unpaired) electrons. The van der Waals surface area contributed by atoms with E-state index in [9.17, 15) is 4.79 Å². The molecule has 0 aromatic rings. The summed E-state index contributed by atoms with van der Waals surface area (Å²) in [6.45, 7) is 3.65. The molecule has 0 aromatic carbocycles. The molecule has 0 atom stereocenters. The second-order valence-corrected chi connectivity index (χ2v) is 1.21. The maximum atomic E-state index is 9.82. The van der Waals surface area contributed by atoms with E-state index in [0.717, 1.165) is 0 Å². The molecule has 0 aliphatic rings. The van der Waals surface area contributed by atoms with Gasteiger partial charge in [-0.15, -0.1) is 0 Å². The van der Waals surface area contributed by atoms with Crippen LogP contribution in [0.1, 0.15) is 15.3 Å². The zero-order chi connectivity index (χ0) is 8.57. The predicted octanol–water partition coefficient (Wildman–Crippen LogP) is -2.09. The summed E-state index contributed by atoms with van der Waals surface area (Å²) in [6.07, 6.45) is -1.83. The Morgan fingerprint density at radius 3 is 1.73 bits per heavy atom. The first-order valence-electron chi connectivity index (χ1n) is 2.56. The molecule has 2 N–H and O–H groups in total. The minimum absolute atomic E-state index is 0. The van der Waals surface area contributed by atoms with Gasteiger partial charge in [-0.25, -0.2) is 4.79 Å². The van der Waals surface area contributed by atoms with Crippen molar-refractivity contribution in [3.05, 3.63) is 0 Å². The molecule has 0 saturated heterocycles. The van der Waals surface area contributed by atoms with Crippen LogP contribution in [0, 0.1) is 0 Å². The van der Waals surface area contributed by atoms with Crippen molar-refractivity contribution in [2.75, 3.05) is 6.61 Å². The van der Waals surface area contributed by atoms with Crippen molar-refractivity contribution in [3.8, 4) is 0 Å². The van der Waals surface area contributed by atoms with Crippen LogP contribution >= 0.6 is 0 Å². The Kier molecular flexibility index (Phi) is 20.6. The fourth-order valence-electron chi connectivity index (χ4n) is 0.203. The molecule has 0 rings (SSSR count). The number of hydrogen-bond acceptors (Lipinski definition) is 3. The van der Waals surface area contributed by atoms with E-state index in [1.165, 1.54) is 6.92 Å². The number of carbonyl (C=O) groups excluding carboxylic acids is 1. The largest absolute Gasteiger partial charge is 1.00 e. The smallest absolute Gasteiger partial charge is 1.00 e. The quantitative estimate of drug-likeness (QED) is 0.366. The van der Waals surface area contributed by atoms with Gasteiger partial charge < -0.3 is 16.4 Å². The van der Waals surface area contributed by atoms with Crippen LogP contribution in [0.25, 0.3) is 0 Å². The number of rotatable bonds is 1. The van der Waals surface area contributed by atoms with Gasteiger partial charge in [0.1, 0.15) is 0 Å². The van der Waals surface area contributed by atoms with Gasteiger partial charge >= 0.3 is 63.5 Å². The Balaban J connectivity index is -0.0000000483. The first-order chi connectivity index (χ1) is 4.50. The summed E-state index contributed by atoms with van der Waals surface area (Å²) >= 11 is 0. The van der Waals surface area contributed by atoms with Gasteiger partial charge in [-0.05, 0) is 6.92 Å². The minimum atomic E-state index is -1.83. The van der Waals surface area contributed by atoms with Crippen molar-refractivity contribution in [2.45, 2.75) is 13.8 Å². The van der Waals surface area contributed by atoms with Gasteiger partial charge in [0.05, 0.1) is 6.61 Å². The Bertz CT molecular complexity index is 114. The third-order valence-corrected chi connectivity index (χ3v) is 0.348. The third kappa shape index (κ3) is 63.9. The van der Waals surface area contributed by atoms with Crippen molar-refractivity contribution < 1.29 is 77.4 Å². The van der Waals surface area contributed by atoms with Crippen molar-refractivity contribution in [1.29, 1.82) is 0 Å². The monoisotopic (exact) mass is 190 g/mol. The van der Waals surface area contributed by atoms with Crippen LogP contribution in [0.2, 0.25) is 0 Å². The van der Waals surface area contributed by atoms with Crippen molar-refractivity contribution in [1.82, 2.24) is 0 Å². The summed E-state index contributed by atoms with van der Waals surface area (Å²) in [7, 11) is 0. The Labute approximate surface area is 109 Å². The van der Waals surface area contributed by atoms with Crippen LogP contribution in [0.4, 0.5) is 4.79 Å². The van der Waals surface area contributed by atoms with E-state index in [0.29, 0.717) is 6.61 Å². The Hall–Kier alpha value is 0.376. The van der Waals surface area contributed by atoms with Gasteiger partial charge in [-0.2, -0.15) is 0 Å². The second-order valence-electron chi connectivity index (χ2n) is 1.21. The first kappa shape index (κ1) is 17.5. The predicted molar refractivity (Wildman–Crippen MR) is 34.1 cm³/mol. The first-order valence-corrected chi connectivity index (χ1v) is 2.56. The molecule has 11 heavy (non-hydrogen) atoms. The maximum absolute atomic E-state index is 9.82. The molecule has 5 nitrogen and oxygen atoms in total. The normalized spacial score (nSPS) is 6.36. The zero-order valence-electron chi connectivity index (χ0n) is 7.83. The second kappa shape index (κ2) is 13.0. The Morgan fingerprint density at radius 2 is 1.73 bits per heavy atom. The van der Waals surface area contributed by atoms with E-state index in [2.05, 4.69) is 4.74 Å². The molecule has 0 bridgehead atoms. The summed E-state index contributed by atoms with van der Waals surface area (Å²) in [5, 5.41) is 13.9. The molecule has 0 saturated carbocycles. The number of carboxylic acid groups (broad SMARTS) is 2. The molecule has 6 heteroatoms. The van der Waals surface area contributed by atoms with Crippen LogP contribution in [-0.4, -0.2) is 28.9 Å². The van der Waals surface area contributed by atoms with E-state index in [1.807, 2.05) is 0 Å². The van der Waals surface area contributed by atoms with Crippen molar-refractivity contribution in [2.24, 2.45) is 0 Å². The summed E-state index contributed by atoms with van der Waals surface area (Å²) in [4.78, 5) is 18.4. The molecule has 0 aliphatic heterocycles. The summed E-state index contributed by atoms with van der Waals surface area (Å²) in [5.41, 5.74) is 0. The Morgan fingerprint density at radius 1 is 1.45 bits per heavy atom. The van der Waals surface area contributed by atoms with E-state index in [1.54, 1.807) is 6.92 Å². The molecular formula is C5H11KO5. The van der Waals surface area contributed by atoms with E-state index in [4.69, 9.17) is 15.0 Å². The van der Waals surface area contributed by atoms with Gasteiger partial charge in [-0.1, -0.05) is 0 Å². The SMILES string of the molecule is CCOC(C)=O.O=C(O)O.[H-].[K+]. The minimum Gasteiger partial charge on any atom is -1.00 e. The van der Waals surface area contributed by atoms with Crippen molar-refractivity contribution in [3.63, 3.8) is 0 Å². The summed E-state index contributed by atoms with van der Waals surface area (Å²) in [6, 6.07) is 0. The molecular weight excluding hydrogens is 179 g/mol. The molecule has 62 valence electrons. The van der Waals surface area contributed by atoms with Gasteiger partial charge in [0.25, 0.3) is 0 Å². The van der Waals surface area contributed by atoms with E-state index in [-0.39, 0.29) is 58.8 Å². The fourth-order valence-corrected chi connectivity index (χ4v) is 0.203. The van der Waals surface area contributed by atoms with E-state index >= 15 is 0 Å². The topological polar surface area (TPSA) is 83.8 Å². The van der Waals surface area contributed by atoms with Gasteiger partial charge in [0.2, 0.25) is 0 Å². The molecule has 0 aliphatic carbocycles. The number of carbonyl (C=O) groups is 2. The molecule has 0 spiro atoms. The summed E-state index contributed by atoms with van der Waals surface area (Å²) in [5.74, 6) is -0.211. The van der Waals surface area contributed by atoms with Gasteiger partial charge in [0.15, 0.2) is 0 Å². The molecule has 0 unspecified atom stereocenters. The molecule has 0 fully saturated rings. The van der Waals surface area contributed by atoms with Crippen LogP contribution in [-0.2, 0) is 9.53 Å². The average molecular weight is 190 g/mol. The van der Waals surface area contributed by atoms with Gasteiger partial charge in [-0.3, -0.25) is 4.79 Å². The molecule has 0 amide bonds. The van der Waals surface area contributed by atoms with Crippen LogP contribution < -0.4 is 51.4 Å². The van der Waals surface area contributed by atoms with Crippen LogP contribution in [0.5, 0.6) is 0 Å². The molecule has 0 heterocycles. The summed E-state index contributed by atoms with van der Waals surface area (Å²) < 4.78 is 4.40. The number of ether oxygens (including phenoxy) is 1. The zero-order valence-corrected chi connectivity index (χ0v) is 9.95. The van der Waals surface area contributed by atoms with E-state index < -0.39 is 6.16 Å². The average Bonchev–Trinajstić information content (AvgIpc) is 1.62. The number of esters is 1. The van der Waals surface area contributed by atoms with Crippen molar-refractivity contribution >= 4 is 12.1 Å². The van der Waals surface area contributed by atoms with Crippen LogP contribution in [0.15, 0.2) is 0 Å². The standard InChI is InChI=1S/C4H8O2.CH2O3.K.H/c1-3-6-4(2)5;2-1(3)4;;/h3H2,1-2H3;(H2,2,3,4);;/q;;+1;-1. The molecule has 0 aromatic heterocycles. The van der Waals surface area contributed by atoms with Gasteiger partial charge in [0, 0.05) is 6.92 Å². The third-order valence-electron chi connectivity index (χ3n) is 0.348. The maximum Gasteiger partial charge on any atom is 1.00 e. The fraction of sp³-hybridized carbons (Fsp3) is 0.600. The van der Waals surface area contributed by atoms with Crippen LogP contribution in [0.3, 0.4) is 0 Å².